The summed E-state index contributed by atoms with van der Waals surface area (Å²) in [4.78, 5) is 46.7. The van der Waals surface area contributed by atoms with Crippen LogP contribution in [0.1, 0.15) is 22.3 Å². The fraction of sp³-hybridized carbons (Fsp3) is 0.200. The monoisotopic (exact) mass is 404 g/mol. The maximum Gasteiger partial charge on any atom is 0.308 e. The minimum Gasteiger partial charge on any atom is -0.456 e. The van der Waals surface area contributed by atoms with Gasteiger partial charge in [-0.3, -0.25) is 24.5 Å². The lowest BCUT2D eigenvalue weighted by Gasteiger charge is -2.07. The number of benzene rings is 2. The van der Waals surface area contributed by atoms with Crippen LogP contribution in [-0.4, -0.2) is 36.8 Å². The molecule has 7 nitrogen and oxygen atoms in total. The van der Waals surface area contributed by atoms with Gasteiger partial charge in [0.25, 0.3) is 11.8 Å². The van der Waals surface area contributed by atoms with Crippen molar-refractivity contribution in [2.75, 3.05) is 13.2 Å². The first-order valence-corrected chi connectivity index (χ1v) is 8.60. The highest BCUT2D eigenvalue weighted by atomic mass is 19.1. The SMILES string of the molecule is O=C(COC(=O)CCNC(=O)c1ccc(F)cc1F)NC(=O)Cc1ccccc1. The van der Waals surface area contributed by atoms with Gasteiger partial charge < -0.3 is 10.1 Å². The van der Waals surface area contributed by atoms with Crippen LogP contribution in [0.5, 0.6) is 0 Å². The van der Waals surface area contributed by atoms with E-state index in [-0.39, 0.29) is 24.9 Å². The van der Waals surface area contributed by atoms with E-state index in [0.717, 1.165) is 17.7 Å². The Labute approximate surface area is 165 Å². The quantitative estimate of drug-likeness (QED) is 0.650. The molecule has 0 saturated carbocycles. The first-order valence-electron chi connectivity index (χ1n) is 8.60. The summed E-state index contributed by atoms with van der Waals surface area (Å²) in [5.74, 6) is -4.78. The summed E-state index contributed by atoms with van der Waals surface area (Å²) < 4.78 is 31.0. The van der Waals surface area contributed by atoms with Crippen LogP contribution >= 0.6 is 0 Å². The van der Waals surface area contributed by atoms with Crippen LogP contribution in [0.25, 0.3) is 0 Å². The van der Waals surface area contributed by atoms with E-state index in [9.17, 15) is 28.0 Å². The predicted octanol–water partition coefficient (Wildman–Crippen LogP) is 1.51. The van der Waals surface area contributed by atoms with Crippen molar-refractivity contribution in [1.29, 1.82) is 0 Å². The second kappa shape index (κ2) is 10.6. The van der Waals surface area contributed by atoms with E-state index in [1.807, 2.05) is 0 Å². The summed E-state index contributed by atoms with van der Waals surface area (Å²) in [5, 5.41) is 4.37. The van der Waals surface area contributed by atoms with Crippen molar-refractivity contribution in [2.24, 2.45) is 0 Å². The number of nitrogens with one attached hydrogen (secondary N) is 2. The molecule has 2 aromatic carbocycles. The Morgan fingerprint density at radius 3 is 2.34 bits per heavy atom. The van der Waals surface area contributed by atoms with Crippen LogP contribution in [-0.2, 0) is 25.5 Å². The van der Waals surface area contributed by atoms with Crippen molar-refractivity contribution in [2.45, 2.75) is 12.8 Å². The molecular formula is C20H18F2N2O5. The van der Waals surface area contributed by atoms with Crippen LogP contribution in [0, 0.1) is 11.6 Å². The second-order valence-corrected chi connectivity index (χ2v) is 5.92. The van der Waals surface area contributed by atoms with Crippen molar-refractivity contribution in [3.8, 4) is 0 Å². The summed E-state index contributed by atoms with van der Waals surface area (Å²) in [6.07, 6.45) is -0.272. The molecule has 152 valence electrons. The zero-order valence-electron chi connectivity index (χ0n) is 15.2. The molecule has 0 fully saturated rings. The molecule has 0 saturated heterocycles. The number of ether oxygens (including phenoxy) is 1. The van der Waals surface area contributed by atoms with Crippen LogP contribution in [0.4, 0.5) is 8.78 Å². The Hall–Kier alpha value is -3.62. The Balaban J connectivity index is 1.65. The molecule has 0 atom stereocenters. The van der Waals surface area contributed by atoms with Crippen molar-refractivity contribution in [1.82, 2.24) is 10.6 Å². The molecule has 0 aromatic heterocycles. The first-order chi connectivity index (χ1) is 13.8. The van der Waals surface area contributed by atoms with Gasteiger partial charge in [0.1, 0.15) is 11.6 Å². The molecule has 3 amide bonds. The van der Waals surface area contributed by atoms with E-state index in [1.165, 1.54) is 0 Å². The third kappa shape index (κ3) is 7.49. The van der Waals surface area contributed by atoms with Gasteiger partial charge in [-0.2, -0.15) is 0 Å². The Kier molecular flexibility index (Phi) is 7.96. The number of esters is 1. The fourth-order valence-corrected chi connectivity index (χ4v) is 2.28. The highest BCUT2D eigenvalue weighted by molar-refractivity contribution is 5.97. The van der Waals surface area contributed by atoms with Gasteiger partial charge in [-0.25, -0.2) is 8.78 Å². The van der Waals surface area contributed by atoms with Crippen LogP contribution < -0.4 is 10.6 Å². The number of rotatable bonds is 8. The highest BCUT2D eigenvalue weighted by Crippen LogP contribution is 2.09. The molecule has 0 spiro atoms. The van der Waals surface area contributed by atoms with E-state index in [4.69, 9.17) is 4.74 Å². The average molecular weight is 404 g/mol. The Morgan fingerprint density at radius 2 is 1.66 bits per heavy atom. The lowest BCUT2D eigenvalue weighted by Crippen LogP contribution is -2.35. The highest BCUT2D eigenvalue weighted by Gasteiger charge is 2.14. The molecule has 0 unspecified atom stereocenters. The molecule has 0 aliphatic rings. The number of carbonyl (C=O) groups is 4. The van der Waals surface area contributed by atoms with Crippen molar-refractivity contribution in [3.63, 3.8) is 0 Å². The molecule has 0 bridgehead atoms. The van der Waals surface area contributed by atoms with Gasteiger partial charge in [-0.05, 0) is 17.7 Å². The van der Waals surface area contributed by atoms with Crippen molar-refractivity contribution in [3.05, 3.63) is 71.3 Å². The lowest BCUT2D eigenvalue weighted by atomic mass is 10.1. The Bertz CT molecular complexity index is 903. The average Bonchev–Trinajstić information content (AvgIpc) is 2.67. The minimum atomic E-state index is -1.03. The molecule has 9 heteroatoms. The van der Waals surface area contributed by atoms with E-state index in [1.54, 1.807) is 30.3 Å². The molecule has 0 aliphatic carbocycles. The maximum absolute atomic E-state index is 13.5. The number of amides is 3. The van der Waals surface area contributed by atoms with Gasteiger partial charge in [0.15, 0.2) is 6.61 Å². The molecule has 0 aliphatic heterocycles. The zero-order valence-corrected chi connectivity index (χ0v) is 15.2. The van der Waals surface area contributed by atoms with E-state index in [2.05, 4.69) is 10.6 Å². The van der Waals surface area contributed by atoms with Crippen LogP contribution in [0.2, 0.25) is 0 Å². The van der Waals surface area contributed by atoms with Gasteiger partial charge in [-0.1, -0.05) is 30.3 Å². The van der Waals surface area contributed by atoms with Gasteiger partial charge in [0.05, 0.1) is 18.4 Å². The molecule has 0 heterocycles. The third-order valence-electron chi connectivity index (χ3n) is 3.64. The number of hydrogen-bond acceptors (Lipinski definition) is 5. The summed E-state index contributed by atoms with van der Waals surface area (Å²) in [5.41, 5.74) is 0.360. The molecule has 2 rings (SSSR count). The van der Waals surface area contributed by atoms with Crippen molar-refractivity contribution >= 4 is 23.7 Å². The molecule has 29 heavy (non-hydrogen) atoms. The molecule has 0 radical (unpaired) electrons. The number of carbonyl (C=O) groups excluding carboxylic acids is 4. The van der Waals surface area contributed by atoms with E-state index >= 15 is 0 Å². The van der Waals surface area contributed by atoms with E-state index < -0.39 is 41.9 Å². The number of imide groups is 1. The largest absolute Gasteiger partial charge is 0.456 e. The minimum absolute atomic E-state index is 0.00645. The summed E-state index contributed by atoms with van der Waals surface area (Å²) in [7, 11) is 0. The number of hydrogen-bond donors (Lipinski definition) is 2. The Morgan fingerprint density at radius 1 is 0.931 bits per heavy atom. The van der Waals surface area contributed by atoms with Gasteiger partial charge in [0, 0.05) is 12.6 Å². The maximum atomic E-state index is 13.5. The van der Waals surface area contributed by atoms with Crippen LogP contribution in [0.3, 0.4) is 0 Å². The summed E-state index contributed by atoms with van der Waals surface area (Å²) in [6, 6.07) is 11.3. The normalized spacial score (nSPS) is 10.1. The fourth-order valence-electron chi connectivity index (χ4n) is 2.28. The second-order valence-electron chi connectivity index (χ2n) is 5.92. The van der Waals surface area contributed by atoms with Gasteiger partial charge in [0.2, 0.25) is 5.91 Å². The lowest BCUT2D eigenvalue weighted by molar-refractivity contribution is -0.149. The van der Waals surface area contributed by atoms with Gasteiger partial charge >= 0.3 is 5.97 Å². The topological polar surface area (TPSA) is 102 Å². The molecular weight excluding hydrogens is 386 g/mol. The summed E-state index contributed by atoms with van der Waals surface area (Å²) >= 11 is 0. The third-order valence-corrected chi connectivity index (χ3v) is 3.64. The first kappa shape index (κ1) is 21.7. The standard InChI is InChI=1S/C20H18F2N2O5/c21-14-6-7-15(16(22)11-14)20(28)23-9-8-19(27)29-12-18(26)24-17(25)10-13-4-2-1-3-5-13/h1-7,11H,8-10,12H2,(H,23,28)(H,24,25,26). The smallest absolute Gasteiger partial charge is 0.308 e. The predicted molar refractivity (Wildman–Crippen MR) is 97.6 cm³/mol. The number of halogens is 2. The zero-order chi connectivity index (χ0) is 21.2. The van der Waals surface area contributed by atoms with Crippen LogP contribution in [0.15, 0.2) is 48.5 Å². The van der Waals surface area contributed by atoms with Gasteiger partial charge in [-0.15, -0.1) is 0 Å². The summed E-state index contributed by atoms with van der Waals surface area (Å²) in [6.45, 7) is -0.830. The molecule has 2 N–H and O–H groups in total. The van der Waals surface area contributed by atoms with Crippen molar-refractivity contribution < 1.29 is 32.7 Å². The van der Waals surface area contributed by atoms with E-state index in [0.29, 0.717) is 6.07 Å². The molecule has 2 aromatic rings.